The Morgan fingerprint density at radius 1 is 1.05 bits per heavy atom. The maximum atomic E-state index is 15.0. The first kappa shape index (κ1) is 23.5. The fourth-order valence-corrected chi connectivity index (χ4v) is 5.60. The summed E-state index contributed by atoms with van der Waals surface area (Å²) in [6.45, 7) is 2.63. The lowest BCUT2D eigenvalue weighted by molar-refractivity contribution is 0.241. The summed E-state index contributed by atoms with van der Waals surface area (Å²) in [5, 5.41) is 0.504. The highest BCUT2D eigenvalue weighted by atomic mass is 32.2. The van der Waals surface area contributed by atoms with E-state index in [4.69, 9.17) is 14.5 Å². The van der Waals surface area contributed by atoms with Crippen LogP contribution in [0.15, 0.2) is 65.8 Å². The Kier molecular flexibility index (Phi) is 5.67. The fraction of sp³-hybridized carbons (Fsp3) is 0.179. The van der Waals surface area contributed by atoms with Crippen LogP contribution in [0.4, 0.5) is 13.2 Å². The maximum Gasteiger partial charge on any atom is 0.204 e. The number of hydrogen-bond donors (Lipinski definition) is 2. The van der Waals surface area contributed by atoms with Crippen molar-refractivity contribution >= 4 is 22.7 Å². The number of para-hydroxylation sites is 1. The average Bonchev–Trinajstić information content (AvgIpc) is 3.60. The molecule has 2 aromatic heterocycles. The molecule has 6 rings (SSSR count). The van der Waals surface area contributed by atoms with Crippen molar-refractivity contribution in [2.24, 2.45) is 0 Å². The third kappa shape index (κ3) is 3.76. The molecular weight excluding hydrogens is 499 g/mol. The molecule has 3 aromatic carbocycles. The molecule has 188 valence electrons. The molecule has 1 atom stereocenters. The van der Waals surface area contributed by atoms with Gasteiger partial charge in [0.05, 0.1) is 28.3 Å². The summed E-state index contributed by atoms with van der Waals surface area (Å²) < 4.78 is 56.2. The van der Waals surface area contributed by atoms with Crippen LogP contribution >= 0.6 is 11.8 Å². The number of imidazole rings is 1. The second-order valence-electron chi connectivity index (χ2n) is 9.06. The number of aromatic nitrogens is 3. The molecule has 0 amide bonds. The molecule has 0 spiro atoms. The van der Waals surface area contributed by atoms with Gasteiger partial charge in [0.25, 0.3) is 0 Å². The third-order valence-corrected chi connectivity index (χ3v) is 7.72. The Morgan fingerprint density at radius 3 is 2.73 bits per heavy atom. The van der Waals surface area contributed by atoms with Gasteiger partial charge in [-0.15, -0.1) is 11.8 Å². The summed E-state index contributed by atoms with van der Waals surface area (Å²) in [6, 6.07) is 13.5. The number of hydrogen-bond acceptors (Lipinski definition) is 4. The van der Waals surface area contributed by atoms with E-state index in [2.05, 4.69) is 16.9 Å². The zero-order valence-corrected chi connectivity index (χ0v) is 20.8. The summed E-state index contributed by atoms with van der Waals surface area (Å²) >= 11 is 1.23. The molecular formula is C28H22F3N3O2S. The first-order valence-electron chi connectivity index (χ1n) is 11.7. The number of nitrogens with one attached hydrogen (secondary N) is 2. The van der Waals surface area contributed by atoms with Crippen molar-refractivity contribution in [3.63, 3.8) is 0 Å². The van der Waals surface area contributed by atoms with Gasteiger partial charge >= 0.3 is 0 Å². The Labute approximate surface area is 215 Å². The lowest BCUT2D eigenvalue weighted by Crippen LogP contribution is -2.31. The minimum absolute atomic E-state index is 0.0697. The zero-order valence-electron chi connectivity index (χ0n) is 20.0. The van der Waals surface area contributed by atoms with Gasteiger partial charge in [-0.1, -0.05) is 18.2 Å². The Hall–Kier alpha value is -3.85. The van der Waals surface area contributed by atoms with Crippen molar-refractivity contribution in [1.29, 1.82) is 0 Å². The highest BCUT2D eigenvalue weighted by Gasteiger charge is 2.37. The zero-order chi connectivity index (χ0) is 25.7. The molecule has 0 radical (unpaired) electrons. The van der Waals surface area contributed by atoms with E-state index >= 15 is 0 Å². The molecule has 37 heavy (non-hydrogen) atoms. The van der Waals surface area contributed by atoms with E-state index in [-0.39, 0.29) is 22.6 Å². The van der Waals surface area contributed by atoms with Gasteiger partial charge < -0.3 is 19.4 Å². The van der Waals surface area contributed by atoms with Gasteiger partial charge in [-0.25, -0.2) is 13.8 Å². The number of aromatic amines is 2. The normalized spacial score (nSPS) is 17.0. The summed E-state index contributed by atoms with van der Waals surface area (Å²) in [5.41, 5.74) is 1.56. The standard InChI is InChI=1S/C28H22F3N3O2S/c1-28(10-12-35-20-6-4-3-5-18(20)28)21-14-33-27(34-21)17-13-15(7-8-19(17)29)36-25-23(31)22(30)24-16(9-11-32-24)26(25)37-2/h3-9,11,13-14,32H,10,12H2,1-2H3,(H,33,34)/t28-/m1/s1. The van der Waals surface area contributed by atoms with Crippen LogP contribution in [0.3, 0.4) is 0 Å². The van der Waals surface area contributed by atoms with Crippen LogP contribution in [-0.4, -0.2) is 27.8 Å². The molecule has 5 aromatic rings. The van der Waals surface area contributed by atoms with Crippen LogP contribution in [0, 0.1) is 17.5 Å². The minimum Gasteiger partial charge on any atom is -0.493 e. The fourth-order valence-electron chi connectivity index (χ4n) is 4.89. The molecule has 1 aliphatic heterocycles. The Balaban J connectivity index is 1.38. The lowest BCUT2D eigenvalue weighted by atomic mass is 9.75. The number of thioether (sulfide) groups is 1. The van der Waals surface area contributed by atoms with E-state index in [9.17, 15) is 13.2 Å². The predicted octanol–water partition coefficient (Wildman–Crippen LogP) is 7.58. The second kappa shape index (κ2) is 8.92. The van der Waals surface area contributed by atoms with E-state index in [1.54, 1.807) is 24.7 Å². The van der Waals surface area contributed by atoms with E-state index < -0.39 is 22.9 Å². The molecule has 0 saturated carbocycles. The summed E-state index contributed by atoms with van der Waals surface area (Å²) in [7, 11) is 0. The van der Waals surface area contributed by atoms with Gasteiger partial charge in [-0.2, -0.15) is 4.39 Å². The van der Waals surface area contributed by atoms with E-state index in [0.717, 1.165) is 17.0 Å². The number of ether oxygens (including phenoxy) is 2. The molecule has 0 saturated heterocycles. The molecule has 1 aliphatic rings. The molecule has 3 heterocycles. The number of nitrogens with zero attached hydrogens (tertiary/aromatic N) is 1. The molecule has 0 aliphatic carbocycles. The molecule has 0 bridgehead atoms. The summed E-state index contributed by atoms with van der Waals surface area (Å²) in [6.07, 6.45) is 5.77. The van der Waals surface area contributed by atoms with Gasteiger partial charge in [0.2, 0.25) is 5.82 Å². The summed E-state index contributed by atoms with van der Waals surface area (Å²) in [4.78, 5) is 11.0. The van der Waals surface area contributed by atoms with Crippen molar-refractivity contribution in [2.75, 3.05) is 12.9 Å². The van der Waals surface area contributed by atoms with E-state index in [0.29, 0.717) is 29.1 Å². The Morgan fingerprint density at radius 2 is 1.89 bits per heavy atom. The van der Waals surface area contributed by atoms with E-state index in [1.165, 1.54) is 30.0 Å². The summed E-state index contributed by atoms with van der Waals surface area (Å²) in [5.74, 6) is -1.65. The quantitative estimate of drug-likeness (QED) is 0.234. The first-order chi connectivity index (χ1) is 17.9. The number of halogens is 3. The Bertz CT molecular complexity index is 1650. The topological polar surface area (TPSA) is 62.9 Å². The highest BCUT2D eigenvalue weighted by molar-refractivity contribution is 7.99. The van der Waals surface area contributed by atoms with Crippen LogP contribution in [0.1, 0.15) is 24.6 Å². The minimum atomic E-state index is -1.11. The van der Waals surface area contributed by atoms with Gasteiger partial charge in [-0.3, -0.25) is 0 Å². The number of fused-ring (bicyclic) bond motifs is 2. The molecule has 0 fully saturated rings. The van der Waals surface area contributed by atoms with Crippen molar-refractivity contribution in [3.05, 3.63) is 89.6 Å². The lowest BCUT2D eigenvalue weighted by Gasteiger charge is -2.34. The van der Waals surface area contributed by atoms with Crippen LogP contribution in [0.5, 0.6) is 17.2 Å². The van der Waals surface area contributed by atoms with Gasteiger partial charge in [0, 0.05) is 28.8 Å². The van der Waals surface area contributed by atoms with Crippen molar-refractivity contribution in [3.8, 4) is 28.6 Å². The predicted molar refractivity (Wildman–Crippen MR) is 137 cm³/mol. The largest absolute Gasteiger partial charge is 0.493 e. The van der Waals surface area contributed by atoms with Crippen LogP contribution < -0.4 is 9.47 Å². The van der Waals surface area contributed by atoms with E-state index in [1.807, 2.05) is 24.3 Å². The monoisotopic (exact) mass is 521 g/mol. The second-order valence-corrected chi connectivity index (χ2v) is 9.88. The van der Waals surface area contributed by atoms with Crippen LogP contribution in [0.25, 0.3) is 22.3 Å². The van der Waals surface area contributed by atoms with Crippen molar-refractivity contribution in [2.45, 2.75) is 23.7 Å². The molecule has 5 nitrogen and oxygen atoms in total. The molecule has 2 N–H and O–H groups in total. The SMILES string of the molecule is CSc1c(Oc2ccc(F)c(-c3nc([C@]4(C)CCOc5ccccc54)c[nH]3)c2)c(F)c(F)c2[nH]ccc12. The number of rotatable bonds is 5. The maximum absolute atomic E-state index is 15.0. The average molecular weight is 522 g/mol. The third-order valence-electron chi connectivity index (χ3n) is 6.91. The highest BCUT2D eigenvalue weighted by Crippen LogP contribution is 2.44. The number of H-pyrrole nitrogens is 2. The van der Waals surface area contributed by atoms with Gasteiger partial charge in [-0.05, 0) is 49.9 Å². The van der Waals surface area contributed by atoms with Crippen molar-refractivity contribution in [1.82, 2.24) is 15.0 Å². The van der Waals surface area contributed by atoms with Crippen molar-refractivity contribution < 1.29 is 22.6 Å². The van der Waals surface area contributed by atoms with Gasteiger partial charge in [0.15, 0.2) is 11.6 Å². The number of benzene rings is 3. The smallest absolute Gasteiger partial charge is 0.204 e. The van der Waals surface area contributed by atoms with Gasteiger partial charge in [0.1, 0.15) is 23.1 Å². The molecule has 0 unspecified atom stereocenters. The molecule has 9 heteroatoms. The van der Waals surface area contributed by atoms with Crippen LogP contribution in [0.2, 0.25) is 0 Å². The van der Waals surface area contributed by atoms with Crippen LogP contribution in [-0.2, 0) is 5.41 Å². The first-order valence-corrected chi connectivity index (χ1v) is 12.9.